The lowest BCUT2D eigenvalue weighted by Gasteiger charge is -2.25. The molecule has 0 radical (unpaired) electrons. The van der Waals surface area contributed by atoms with Gasteiger partial charge in [0.25, 0.3) is 5.91 Å². The first-order chi connectivity index (χ1) is 14.4. The average Bonchev–Trinajstić information content (AvgIpc) is 3.03. The van der Waals surface area contributed by atoms with Crippen molar-refractivity contribution in [1.82, 2.24) is 0 Å². The van der Waals surface area contributed by atoms with Crippen molar-refractivity contribution in [3.63, 3.8) is 0 Å². The number of fused-ring (bicyclic) bond motifs is 2. The van der Waals surface area contributed by atoms with Crippen molar-refractivity contribution < 1.29 is 9.21 Å². The van der Waals surface area contributed by atoms with E-state index >= 15 is 0 Å². The van der Waals surface area contributed by atoms with Gasteiger partial charge in [0.2, 0.25) is 5.76 Å². The smallest absolute Gasteiger partial charge is 0.295 e. The van der Waals surface area contributed by atoms with E-state index in [1.807, 2.05) is 81.4 Å². The first-order valence-corrected chi connectivity index (χ1v) is 9.98. The van der Waals surface area contributed by atoms with Gasteiger partial charge in [-0.15, -0.1) is 0 Å². The quantitative estimate of drug-likeness (QED) is 0.452. The van der Waals surface area contributed by atoms with Crippen LogP contribution in [0.3, 0.4) is 0 Å². The van der Waals surface area contributed by atoms with Crippen LogP contribution in [0.25, 0.3) is 11.0 Å². The Hall–Kier alpha value is -3.66. The minimum atomic E-state index is -0.531. The van der Waals surface area contributed by atoms with Crippen molar-refractivity contribution in [1.29, 1.82) is 0 Å². The third kappa shape index (κ3) is 2.76. The molecule has 148 valence electrons. The van der Waals surface area contributed by atoms with Crippen molar-refractivity contribution in [3.05, 3.63) is 111 Å². The number of hydrogen-bond donors (Lipinski definition) is 0. The maximum absolute atomic E-state index is 13.6. The summed E-state index contributed by atoms with van der Waals surface area (Å²) in [5.74, 6) is -0.165. The molecule has 30 heavy (non-hydrogen) atoms. The van der Waals surface area contributed by atoms with E-state index in [0.717, 1.165) is 27.9 Å². The van der Waals surface area contributed by atoms with E-state index in [-0.39, 0.29) is 17.1 Å². The third-order valence-electron chi connectivity index (χ3n) is 5.73. The highest BCUT2D eigenvalue weighted by Crippen LogP contribution is 2.41. The molecular formula is C26H21NO3. The molecule has 0 bridgehead atoms. The predicted molar refractivity (Wildman–Crippen MR) is 118 cm³/mol. The van der Waals surface area contributed by atoms with Gasteiger partial charge < -0.3 is 4.42 Å². The standard InChI is InChI=1S/C26H21NO3/c1-15-4-9-18(10-5-15)23-22-24(28)20-14-17(3)8-13-21(20)30-25(22)26(29)27(23)19-11-6-16(2)7-12-19/h4-14,23H,1-3H3. The van der Waals surface area contributed by atoms with E-state index in [1.165, 1.54) is 0 Å². The van der Waals surface area contributed by atoms with Crippen LogP contribution in [0.2, 0.25) is 0 Å². The zero-order chi connectivity index (χ0) is 21.0. The van der Waals surface area contributed by atoms with Crippen molar-refractivity contribution in [3.8, 4) is 0 Å². The van der Waals surface area contributed by atoms with Crippen LogP contribution in [0.15, 0.2) is 75.9 Å². The Kier molecular flexibility index (Phi) is 4.10. The highest BCUT2D eigenvalue weighted by Gasteiger charge is 2.43. The number of carbonyl (C=O) groups is 1. The van der Waals surface area contributed by atoms with E-state index in [4.69, 9.17) is 4.42 Å². The van der Waals surface area contributed by atoms with E-state index in [2.05, 4.69) is 0 Å². The minimum Gasteiger partial charge on any atom is -0.450 e. The number of amides is 1. The van der Waals surface area contributed by atoms with E-state index in [0.29, 0.717) is 16.5 Å². The van der Waals surface area contributed by atoms with Gasteiger partial charge in [0.1, 0.15) is 5.58 Å². The van der Waals surface area contributed by atoms with Gasteiger partial charge in [0.05, 0.1) is 17.0 Å². The molecule has 1 aromatic heterocycles. The second kappa shape index (κ2) is 6.70. The SMILES string of the molecule is Cc1ccc(C2c3c(oc4ccc(C)cc4c3=O)C(=O)N2c2ccc(C)cc2)cc1. The second-order valence-electron chi connectivity index (χ2n) is 8.00. The van der Waals surface area contributed by atoms with Gasteiger partial charge in [-0.2, -0.15) is 0 Å². The Bertz CT molecular complexity index is 1350. The largest absolute Gasteiger partial charge is 0.450 e. The molecule has 0 fully saturated rings. The topological polar surface area (TPSA) is 50.5 Å². The van der Waals surface area contributed by atoms with Crippen LogP contribution < -0.4 is 10.3 Å². The van der Waals surface area contributed by atoms with Crippen LogP contribution in [-0.2, 0) is 0 Å². The summed E-state index contributed by atoms with van der Waals surface area (Å²) in [5, 5.41) is 0.504. The molecular weight excluding hydrogens is 374 g/mol. The molecule has 4 nitrogen and oxygen atoms in total. The Morgan fingerprint density at radius 3 is 2.03 bits per heavy atom. The van der Waals surface area contributed by atoms with Crippen LogP contribution in [-0.4, -0.2) is 5.91 Å². The van der Waals surface area contributed by atoms with Gasteiger partial charge in [-0.3, -0.25) is 14.5 Å². The fraction of sp³-hybridized carbons (Fsp3) is 0.154. The molecule has 1 aliphatic rings. The lowest BCUT2D eigenvalue weighted by atomic mass is 9.97. The Labute approximate surface area is 174 Å². The summed E-state index contributed by atoms with van der Waals surface area (Å²) in [6.45, 7) is 5.95. The number of benzene rings is 3. The molecule has 0 saturated carbocycles. The van der Waals surface area contributed by atoms with Crippen LogP contribution >= 0.6 is 0 Å². The van der Waals surface area contributed by atoms with E-state index in [1.54, 1.807) is 11.0 Å². The Balaban J connectivity index is 1.81. The molecule has 4 heteroatoms. The summed E-state index contributed by atoms with van der Waals surface area (Å²) in [5.41, 5.74) is 5.50. The monoisotopic (exact) mass is 395 g/mol. The first-order valence-electron chi connectivity index (χ1n) is 9.98. The normalized spacial score (nSPS) is 15.6. The number of anilines is 1. The predicted octanol–water partition coefficient (Wildman–Crippen LogP) is 5.47. The Morgan fingerprint density at radius 1 is 0.767 bits per heavy atom. The van der Waals surface area contributed by atoms with Crippen molar-refractivity contribution in [2.24, 2.45) is 0 Å². The van der Waals surface area contributed by atoms with Crippen LogP contribution in [0, 0.1) is 20.8 Å². The zero-order valence-corrected chi connectivity index (χ0v) is 17.1. The van der Waals surface area contributed by atoms with Crippen molar-refractivity contribution in [2.75, 3.05) is 4.90 Å². The van der Waals surface area contributed by atoms with Gasteiger partial charge >= 0.3 is 0 Å². The number of hydrogen-bond acceptors (Lipinski definition) is 3. The summed E-state index contributed by atoms with van der Waals surface area (Å²) in [7, 11) is 0. The minimum absolute atomic E-state index is 0.127. The zero-order valence-electron chi connectivity index (χ0n) is 17.1. The molecule has 0 spiro atoms. The molecule has 1 aliphatic heterocycles. The molecule has 1 unspecified atom stereocenters. The maximum atomic E-state index is 13.6. The molecule has 0 aliphatic carbocycles. The average molecular weight is 395 g/mol. The molecule has 3 aromatic carbocycles. The summed E-state index contributed by atoms with van der Waals surface area (Å²) < 4.78 is 6.01. The molecule has 5 rings (SSSR count). The highest BCUT2D eigenvalue weighted by atomic mass is 16.3. The fourth-order valence-corrected chi connectivity index (χ4v) is 4.12. The molecule has 0 N–H and O–H groups in total. The number of aryl methyl sites for hydroxylation is 3. The molecule has 1 atom stereocenters. The lowest BCUT2D eigenvalue weighted by molar-refractivity contribution is 0.0971. The summed E-state index contributed by atoms with van der Waals surface area (Å²) in [6, 6.07) is 20.6. The lowest BCUT2D eigenvalue weighted by Crippen LogP contribution is -2.29. The maximum Gasteiger partial charge on any atom is 0.295 e. The Morgan fingerprint density at radius 2 is 1.37 bits per heavy atom. The van der Waals surface area contributed by atoms with Crippen LogP contribution in [0.5, 0.6) is 0 Å². The molecule has 1 amide bonds. The third-order valence-corrected chi connectivity index (χ3v) is 5.73. The number of nitrogens with zero attached hydrogens (tertiary/aromatic N) is 1. The number of rotatable bonds is 2. The van der Waals surface area contributed by atoms with Gasteiger partial charge in [-0.25, -0.2) is 0 Å². The van der Waals surface area contributed by atoms with E-state index < -0.39 is 6.04 Å². The molecule has 4 aromatic rings. The van der Waals surface area contributed by atoms with Gasteiger partial charge in [-0.1, -0.05) is 59.2 Å². The van der Waals surface area contributed by atoms with Crippen LogP contribution in [0.4, 0.5) is 5.69 Å². The second-order valence-corrected chi connectivity index (χ2v) is 8.00. The fourth-order valence-electron chi connectivity index (χ4n) is 4.12. The molecule has 0 saturated heterocycles. The van der Waals surface area contributed by atoms with E-state index in [9.17, 15) is 9.59 Å². The van der Waals surface area contributed by atoms with Gasteiger partial charge in [0, 0.05) is 5.69 Å². The summed E-state index contributed by atoms with van der Waals surface area (Å²) in [6.07, 6.45) is 0. The van der Waals surface area contributed by atoms with Gasteiger partial charge in [0.15, 0.2) is 5.43 Å². The highest BCUT2D eigenvalue weighted by molar-refractivity contribution is 6.10. The molecule has 2 heterocycles. The summed E-state index contributed by atoms with van der Waals surface area (Å²) >= 11 is 0. The van der Waals surface area contributed by atoms with Gasteiger partial charge in [-0.05, 0) is 50.6 Å². The van der Waals surface area contributed by atoms with Crippen molar-refractivity contribution in [2.45, 2.75) is 26.8 Å². The van der Waals surface area contributed by atoms with Crippen molar-refractivity contribution >= 4 is 22.6 Å². The summed E-state index contributed by atoms with van der Waals surface area (Å²) in [4.78, 5) is 28.7. The van der Waals surface area contributed by atoms with Crippen LogP contribution in [0.1, 0.15) is 44.4 Å². The first kappa shape index (κ1) is 18.4. The number of carbonyl (C=O) groups excluding carboxylic acids is 1.